The van der Waals surface area contributed by atoms with Crippen LogP contribution in [-0.4, -0.2) is 41.4 Å². The van der Waals surface area contributed by atoms with Gasteiger partial charge in [-0.05, 0) is 49.7 Å². The van der Waals surface area contributed by atoms with Crippen molar-refractivity contribution in [3.8, 4) is 0 Å². The second kappa shape index (κ2) is 11.1. The Morgan fingerprint density at radius 1 is 1.23 bits per heavy atom. The Balaban J connectivity index is 1.36. The van der Waals surface area contributed by atoms with E-state index in [-0.39, 0.29) is 17.7 Å². The van der Waals surface area contributed by atoms with Crippen LogP contribution in [0.15, 0.2) is 29.4 Å². The van der Waals surface area contributed by atoms with Crippen LogP contribution in [0.1, 0.15) is 56.9 Å². The lowest BCUT2D eigenvalue weighted by molar-refractivity contribution is -0.132. The second-order valence-corrected chi connectivity index (χ2v) is 8.38. The highest BCUT2D eigenvalue weighted by Crippen LogP contribution is 2.22. The maximum absolute atomic E-state index is 12.6. The van der Waals surface area contributed by atoms with Gasteiger partial charge in [-0.1, -0.05) is 29.8 Å². The van der Waals surface area contributed by atoms with Gasteiger partial charge in [0.15, 0.2) is 0 Å². The molecule has 0 radical (unpaired) electrons. The van der Waals surface area contributed by atoms with Gasteiger partial charge in [-0.3, -0.25) is 14.4 Å². The highest BCUT2D eigenvalue weighted by atomic mass is 35.5. The third-order valence-electron chi connectivity index (χ3n) is 5.69. The number of likely N-dealkylation sites (tertiary alicyclic amines) is 1. The summed E-state index contributed by atoms with van der Waals surface area (Å²) < 4.78 is 0. The third-order valence-corrected chi connectivity index (χ3v) is 6.06. The molecule has 1 atom stereocenters. The topological polar surface area (TPSA) is 90.9 Å². The number of hydrazone groups is 1. The van der Waals surface area contributed by atoms with Gasteiger partial charge < -0.3 is 10.2 Å². The number of carbonyl (C=O) groups is 3. The lowest BCUT2D eigenvalue weighted by Crippen LogP contribution is -2.40. The van der Waals surface area contributed by atoms with Crippen LogP contribution in [0.3, 0.4) is 0 Å². The van der Waals surface area contributed by atoms with E-state index in [0.717, 1.165) is 37.1 Å². The van der Waals surface area contributed by atoms with Crippen molar-refractivity contribution in [3.63, 3.8) is 0 Å². The average Bonchev–Trinajstić information content (AvgIpc) is 2.76. The molecular formula is C22H29ClN4O3. The number of amides is 3. The minimum atomic E-state index is -0.0696. The summed E-state index contributed by atoms with van der Waals surface area (Å²) >= 11 is 6.12. The fourth-order valence-corrected chi connectivity index (χ4v) is 4.09. The Labute approximate surface area is 182 Å². The first kappa shape index (κ1) is 22.3. The summed E-state index contributed by atoms with van der Waals surface area (Å²) in [6.45, 7) is 1.91. The number of nitrogens with one attached hydrogen (secondary N) is 2. The summed E-state index contributed by atoms with van der Waals surface area (Å²) in [7, 11) is 0. The number of benzene rings is 1. The molecule has 1 aromatic rings. The van der Waals surface area contributed by atoms with Gasteiger partial charge in [-0.15, -0.1) is 0 Å². The number of carbonyl (C=O) groups excluding carboxylic acids is 3. The third kappa shape index (κ3) is 6.83. The Kier molecular flexibility index (Phi) is 8.25. The van der Waals surface area contributed by atoms with E-state index in [4.69, 9.17) is 11.6 Å². The number of nitrogens with zero attached hydrogens (tertiary/aromatic N) is 2. The average molecular weight is 433 g/mol. The molecule has 30 heavy (non-hydrogen) atoms. The molecule has 3 rings (SSSR count). The summed E-state index contributed by atoms with van der Waals surface area (Å²) in [6, 6.07) is 7.48. The number of hydrogen-bond acceptors (Lipinski definition) is 4. The molecule has 162 valence electrons. The lowest BCUT2D eigenvalue weighted by Gasteiger charge is -2.33. The van der Waals surface area contributed by atoms with Crippen LogP contribution in [0.5, 0.6) is 0 Å². The number of hydrogen-bond donors (Lipinski definition) is 2. The summed E-state index contributed by atoms with van der Waals surface area (Å²) in [5.74, 6) is 0.415. The van der Waals surface area contributed by atoms with E-state index < -0.39 is 0 Å². The zero-order valence-electron chi connectivity index (χ0n) is 17.2. The molecule has 7 nitrogen and oxygen atoms in total. The van der Waals surface area contributed by atoms with Gasteiger partial charge >= 0.3 is 0 Å². The Morgan fingerprint density at radius 2 is 2.07 bits per heavy atom. The number of rotatable bonds is 8. The quantitative estimate of drug-likeness (QED) is 0.661. The molecule has 0 aromatic heterocycles. The molecule has 1 unspecified atom stereocenters. The Bertz CT molecular complexity index is 811. The van der Waals surface area contributed by atoms with Gasteiger partial charge in [0, 0.05) is 49.6 Å². The van der Waals surface area contributed by atoms with Crippen molar-refractivity contribution in [2.24, 2.45) is 11.0 Å². The van der Waals surface area contributed by atoms with Crippen molar-refractivity contribution in [2.75, 3.05) is 13.1 Å². The molecule has 1 aromatic carbocycles. The molecule has 2 aliphatic heterocycles. The molecule has 0 spiro atoms. The Morgan fingerprint density at radius 3 is 2.83 bits per heavy atom. The van der Waals surface area contributed by atoms with Crippen LogP contribution in [0.25, 0.3) is 0 Å². The largest absolute Gasteiger partial charge is 0.352 e. The van der Waals surface area contributed by atoms with Crippen LogP contribution >= 0.6 is 11.6 Å². The number of piperidine rings is 1. The predicted molar refractivity (Wildman–Crippen MR) is 116 cm³/mol. The van der Waals surface area contributed by atoms with Gasteiger partial charge in [0.1, 0.15) is 0 Å². The normalized spacial score (nSPS) is 19.1. The lowest BCUT2D eigenvalue weighted by atomic mass is 9.93. The first-order valence-corrected chi connectivity index (χ1v) is 11.0. The van der Waals surface area contributed by atoms with Gasteiger partial charge in [0.05, 0.1) is 0 Å². The van der Waals surface area contributed by atoms with E-state index in [1.165, 1.54) is 0 Å². The molecule has 0 aliphatic carbocycles. The van der Waals surface area contributed by atoms with Crippen molar-refractivity contribution in [1.82, 2.24) is 15.6 Å². The molecule has 1 saturated heterocycles. The zero-order valence-corrected chi connectivity index (χ0v) is 17.9. The summed E-state index contributed by atoms with van der Waals surface area (Å²) in [6.07, 6.45) is 5.31. The molecule has 2 heterocycles. The predicted octanol–water partition coefficient (Wildman–Crippen LogP) is 3.02. The highest BCUT2D eigenvalue weighted by molar-refractivity contribution is 6.31. The van der Waals surface area contributed by atoms with Crippen LogP contribution in [0, 0.1) is 5.92 Å². The van der Waals surface area contributed by atoms with Gasteiger partial charge in [-0.25, -0.2) is 5.43 Å². The van der Waals surface area contributed by atoms with E-state index in [0.29, 0.717) is 56.1 Å². The summed E-state index contributed by atoms with van der Waals surface area (Å²) in [4.78, 5) is 37.8. The van der Waals surface area contributed by atoms with E-state index in [1.807, 2.05) is 29.2 Å². The SMILES string of the molecule is O=C(CCC1CCCN(C(=O)CCC2=NNC(=O)CC2)C1)NCc1ccccc1Cl. The van der Waals surface area contributed by atoms with Crippen molar-refractivity contribution in [3.05, 3.63) is 34.9 Å². The highest BCUT2D eigenvalue weighted by Gasteiger charge is 2.24. The molecule has 1 fully saturated rings. The van der Waals surface area contributed by atoms with Crippen molar-refractivity contribution in [2.45, 2.75) is 57.9 Å². The van der Waals surface area contributed by atoms with Crippen LogP contribution in [-0.2, 0) is 20.9 Å². The first-order valence-electron chi connectivity index (χ1n) is 10.6. The van der Waals surface area contributed by atoms with Crippen LogP contribution < -0.4 is 10.7 Å². The number of halogens is 1. The maximum Gasteiger partial charge on any atom is 0.240 e. The summed E-state index contributed by atoms with van der Waals surface area (Å²) in [5, 5.41) is 7.61. The van der Waals surface area contributed by atoms with Crippen molar-refractivity contribution in [1.29, 1.82) is 0 Å². The second-order valence-electron chi connectivity index (χ2n) is 7.97. The van der Waals surface area contributed by atoms with Crippen molar-refractivity contribution >= 4 is 35.0 Å². The van der Waals surface area contributed by atoms with E-state index in [9.17, 15) is 14.4 Å². The molecule has 0 bridgehead atoms. The first-order chi connectivity index (χ1) is 14.5. The fraction of sp³-hybridized carbons (Fsp3) is 0.545. The minimum absolute atomic E-state index is 0.00993. The minimum Gasteiger partial charge on any atom is -0.352 e. The van der Waals surface area contributed by atoms with Gasteiger partial charge in [0.25, 0.3) is 0 Å². The smallest absolute Gasteiger partial charge is 0.240 e. The summed E-state index contributed by atoms with van der Waals surface area (Å²) in [5.41, 5.74) is 4.26. The molecule has 3 amide bonds. The molecule has 2 aliphatic rings. The van der Waals surface area contributed by atoms with Gasteiger partial charge in [-0.2, -0.15) is 5.10 Å². The molecule has 8 heteroatoms. The fourth-order valence-electron chi connectivity index (χ4n) is 3.89. The molecular weight excluding hydrogens is 404 g/mol. The standard InChI is InChI=1S/C22H29ClN4O3/c23-19-6-2-1-5-17(19)14-24-20(28)10-7-16-4-3-13-27(15-16)22(30)12-9-18-8-11-21(29)26-25-18/h1-2,5-6,16H,3-4,7-15H2,(H,24,28)(H,26,29). The molecule has 2 N–H and O–H groups in total. The van der Waals surface area contributed by atoms with E-state index in [1.54, 1.807) is 0 Å². The van der Waals surface area contributed by atoms with E-state index in [2.05, 4.69) is 15.8 Å². The molecule has 0 saturated carbocycles. The van der Waals surface area contributed by atoms with Crippen molar-refractivity contribution < 1.29 is 14.4 Å². The monoisotopic (exact) mass is 432 g/mol. The Hall–Kier alpha value is -2.41. The van der Waals surface area contributed by atoms with Crippen LogP contribution in [0.2, 0.25) is 5.02 Å². The van der Waals surface area contributed by atoms with Gasteiger partial charge in [0.2, 0.25) is 17.7 Å². The van der Waals surface area contributed by atoms with E-state index >= 15 is 0 Å². The zero-order chi connectivity index (χ0) is 21.3. The maximum atomic E-state index is 12.6. The van der Waals surface area contributed by atoms with Crippen LogP contribution in [0.4, 0.5) is 0 Å².